The molecule has 0 aliphatic carbocycles. The second-order valence-electron chi connectivity index (χ2n) is 2.88. The number of hydrogen-bond acceptors (Lipinski definition) is 4. The molecule has 0 bridgehead atoms. The average molecular weight is 199 g/mol. The first-order chi connectivity index (χ1) is 6.69. The third kappa shape index (κ3) is 2.34. The van der Waals surface area contributed by atoms with Crippen LogP contribution in [0.5, 0.6) is 5.75 Å². The highest BCUT2D eigenvalue weighted by Crippen LogP contribution is 2.22. The number of ether oxygens (including phenoxy) is 1. The van der Waals surface area contributed by atoms with E-state index in [9.17, 15) is 4.39 Å². The Morgan fingerprint density at radius 3 is 2.79 bits per heavy atom. The summed E-state index contributed by atoms with van der Waals surface area (Å²) in [7, 11) is 3.24. The normalized spacial score (nSPS) is 10.0. The third-order valence-electron chi connectivity index (χ3n) is 1.90. The van der Waals surface area contributed by atoms with Gasteiger partial charge < -0.3 is 9.64 Å². The molecule has 0 unspecified atom stereocenters. The predicted octanol–water partition coefficient (Wildman–Crippen LogP) is 0.691. The van der Waals surface area contributed by atoms with E-state index in [1.165, 1.54) is 13.2 Å². The fourth-order valence-electron chi connectivity index (χ4n) is 1.12. The number of rotatable bonds is 4. The molecule has 0 saturated carbocycles. The molecule has 0 heterocycles. The van der Waals surface area contributed by atoms with E-state index in [1.54, 1.807) is 24.1 Å². The maximum Gasteiger partial charge on any atom is 0.167 e. The van der Waals surface area contributed by atoms with Crippen LogP contribution in [0, 0.1) is 5.82 Å². The van der Waals surface area contributed by atoms with Crippen molar-refractivity contribution in [3.05, 3.63) is 24.0 Å². The van der Waals surface area contributed by atoms with Gasteiger partial charge in [-0.1, -0.05) is 0 Å². The van der Waals surface area contributed by atoms with Crippen molar-refractivity contribution in [1.82, 2.24) is 5.43 Å². The monoisotopic (exact) mass is 199 g/mol. The summed E-state index contributed by atoms with van der Waals surface area (Å²) < 4.78 is 18.1. The van der Waals surface area contributed by atoms with Gasteiger partial charge in [0.2, 0.25) is 0 Å². The van der Waals surface area contributed by atoms with Crippen molar-refractivity contribution in [3.63, 3.8) is 0 Å². The molecule has 78 valence electrons. The second-order valence-corrected chi connectivity index (χ2v) is 2.88. The van der Waals surface area contributed by atoms with Gasteiger partial charge in [-0.05, 0) is 12.1 Å². The van der Waals surface area contributed by atoms with Gasteiger partial charge >= 0.3 is 0 Å². The van der Waals surface area contributed by atoms with Crippen LogP contribution in [-0.4, -0.2) is 20.8 Å². The molecule has 0 spiro atoms. The van der Waals surface area contributed by atoms with E-state index in [2.05, 4.69) is 5.43 Å². The van der Waals surface area contributed by atoms with Gasteiger partial charge in [-0.3, -0.25) is 5.84 Å². The molecule has 3 N–H and O–H groups in total. The molecular weight excluding hydrogens is 185 g/mol. The minimum Gasteiger partial charge on any atom is -0.494 e. The first kappa shape index (κ1) is 10.7. The van der Waals surface area contributed by atoms with Crippen molar-refractivity contribution in [2.24, 2.45) is 5.84 Å². The Morgan fingerprint density at radius 1 is 1.57 bits per heavy atom. The van der Waals surface area contributed by atoms with Crippen LogP contribution in [0.1, 0.15) is 0 Å². The zero-order valence-corrected chi connectivity index (χ0v) is 8.25. The van der Waals surface area contributed by atoms with Crippen LogP contribution >= 0.6 is 0 Å². The maximum absolute atomic E-state index is 13.2. The quantitative estimate of drug-likeness (QED) is 0.425. The van der Waals surface area contributed by atoms with Gasteiger partial charge in [-0.25, -0.2) is 9.82 Å². The highest BCUT2D eigenvalue weighted by atomic mass is 19.1. The first-order valence-corrected chi connectivity index (χ1v) is 4.17. The number of hydrazine groups is 1. The molecule has 0 aliphatic rings. The summed E-state index contributed by atoms with van der Waals surface area (Å²) in [6, 6.07) is 4.74. The first-order valence-electron chi connectivity index (χ1n) is 4.17. The number of benzene rings is 1. The van der Waals surface area contributed by atoms with E-state index in [0.29, 0.717) is 6.67 Å². The summed E-state index contributed by atoms with van der Waals surface area (Å²) in [5, 5.41) is 0. The second kappa shape index (κ2) is 4.78. The molecule has 5 heteroatoms. The molecule has 4 nitrogen and oxygen atoms in total. The van der Waals surface area contributed by atoms with E-state index in [1.807, 2.05) is 0 Å². The smallest absolute Gasteiger partial charge is 0.167 e. The lowest BCUT2D eigenvalue weighted by Crippen LogP contribution is -2.35. The van der Waals surface area contributed by atoms with Crippen LogP contribution in [0.25, 0.3) is 0 Å². The highest BCUT2D eigenvalue weighted by Gasteiger charge is 2.05. The topological polar surface area (TPSA) is 50.5 Å². The number of hydrogen-bond donors (Lipinski definition) is 2. The standard InChI is InChI=1S/C9H14FN3O/c1-13(6-12-11)7-3-4-9(14-2)8(10)5-7/h3-5,12H,6,11H2,1-2H3. The lowest BCUT2D eigenvalue weighted by Gasteiger charge is -2.18. The lowest BCUT2D eigenvalue weighted by molar-refractivity contribution is 0.386. The highest BCUT2D eigenvalue weighted by molar-refractivity contribution is 5.48. The van der Waals surface area contributed by atoms with Crippen LogP contribution < -0.4 is 20.9 Å². The molecule has 0 aromatic heterocycles. The number of anilines is 1. The molecule has 1 rings (SSSR count). The molecule has 0 atom stereocenters. The summed E-state index contributed by atoms with van der Waals surface area (Å²) in [5.41, 5.74) is 3.22. The van der Waals surface area contributed by atoms with Crippen LogP contribution in [0.3, 0.4) is 0 Å². The van der Waals surface area contributed by atoms with Crippen molar-refractivity contribution in [3.8, 4) is 5.75 Å². The van der Waals surface area contributed by atoms with Crippen LogP contribution in [0.4, 0.5) is 10.1 Å². The molecule has 1 aromatic carbocycles. The van der Waals surface area contributed by atoms with Gasteiger partial charge in [0.15, 0.2) is 11.6 Å². The Balaban J connectivity index is 2.85. The van der Waals surface area contributed by atoms with Crippen molar-refractivity contribution < 1.29 is 9.13 Å². The fraction of sp³-hybridized carbons (Fsp3) is 0.333. The third-order valence-corrected chi connectivity index (χ3v) is 1.90. The Hall–Kier alpha value is -1.33. The number of nitrogens with one attached hydrogen (secondary N) is 1. The predicted molar refractivity (Wildman–Crippen MR) is 53.5 cm³/mol. The van der Waals surface area contributed by atoms with E-state index in [-0.39, 0.29) is 11.6 Å². The molecule has 0 aliphatic heterocycles. The van der Waals surface area contributed by atoms with E-state index in [0.717, 1.165) is 5.69 Å². The van der Waals surface area contributed by atoms with Crippen LogP contribution in [0.2, 0.25) is 0 Å². The minimum absolute atomic E-state index is 0.239. The van der Waals surface area contributed by atoms with E-state index >= 15 is 0 Å². The Morgan fingerprint density at radius 2 is 2.29 bits per heavy atom. The molecule has 1 aromatic rings. The molecule has 0 radical (unpaired) electrons. The van der Waals surface area contributed by atoms with Gasteiger partial charge in [0, 0.05) is 18.8 Å². The Bertz CT molecular complexity index is 306. The molecule has 14 heavy (non-hydrogen) atoms. The van der Waals surface area contributed by atoms with Gasteiger partial charge in [-0.2, -0.15) is 0 Å². The summed E-state index contributed by atoms with van der Waals surface area (Å²) in [4.78, 5) is 1.78. The Labute approximate surface area is 82.4 Å². The van der Waals surface area contributed by atoms with Gasteiger partial charge in [0.1, 0.15) is 0 Å². The summed E-state index contributed by atoms with van der Waals surface area (Å²) in [5.74, 6) is 5.01. The number of halogens is 1. The van der Waals surface area contributed by atoms with Gasteiger partial charge in [-0.15, -0.1) is 0 Å². The average Bonchev–Trinajstić information content (AvgIpc) is 2.18. The van der Waals surface area contributed by atoms with E-state index in [4.69, 9.17) is 10.6 Å². The SMILES string of the molecule is COc1ccc(N(C)CNN)cc1F. The molecule has 0 fully saturated rings. The summed E-state index contributed by atoms with van der Waals surface area (Å²) in [6.07, 6.45) is 0. The maximum atomic E-state index is 13.2. The van der Waals surface area contributed by atoms with Crippen molar-refractivity contribution in [2.45, 2.75) is 0 Å². The number of methoxy groups -OCH3 is 1. The van der Waals surface area contributed by atoms with Crippen molar-refractivity contribution >= 4 is 5.69 Å². The van der Waals surface area contributed by atoms with Crippen LogP contribution in [-0.2, 0) is 0 Å². The minimum atomic E-state index is -0.381. The molecular formula is C9H14FN3O. The Kier molecular flexibility index (Phi) is 3.67. The number of nitrogens with zero attached hydrogens (tertiary/aromatic N) is 1. The summed E-state index contributed by atoms with van der Waals surface area (Å²) in [6.45, 7) is 0.450. The van der Waals surface area contributed by atoms with Crippen LogP contribution in [0.15, 0.2) is 18.2 Å². The van der Waals surface area contributed by atoms with E-state index < -0.39 is 0 Å². The summed E-state index contributed by atoms with van der Waals surface area (Å²) >= 11 is 0. The fourth-order valence-corrected chi connectivity index (χ4v) is 1.12. The van der Waals surface area contributed by atoms with Crippen molar-refractivity contribution in [1.29, 1.82) is 0 Å². The zero-order valence-electron chi connectivity index (χ0n) is 8.25. The number of nitrogens with two attached hydrogens (primary N) is 1. The largest absolute Gasteiger partial charge is 0.494 e. The van der Waals surface area contributed by atoms with Gasteiger partial charge in [0.05, 0.1) is 13.8 Å². The zero-order chi connectivity index (χ0) is 10.6. The molecule has 0 saturated heterocycles. The lowest BCUT2D eigenvalue weighted by atomic mass is 10.3. The van der Waals surface area contributed by atoms with Crippen molar-refractivity contribution in [2.75, 3.05) is 25.7 Å². The molecule has 0 amide bonds. The van der Waals surface area contributed by atoms with Gasteiger partial charge in [0.25, 0.3) is 0 Å².